The molecule has 0 aromatic heterocycles. The SMILES string of the molecule is CCCS(=O)(=O)Nc1ccc2c(c1)CCCN2C. The number of rotatable bonds is 4. The van der Waals surface area contributed by atoms with Gasteiger partial charge in [0.2, 0.25) is 10.0 Å². The van der Waals surface area contributed by atoms with Crippen LogP contribution < -0.4 is 9.62 Å². The summed E-state index contributed by atoms with van der Waals surface area (Å²) in [5, 5.41) is 0. The third kappa shape index (κ3) is 2.96. The van der Waals surface area contributed by atoms with Crippen molar-refractivity contribution < 1.29 is 8.42 Å². The standard InChI is InChI=1S/C13H20N2O2S/c1-3-9-18(16,17)14-12-6-7-13-11(10-12)5-4-8-15(13)2/h6-7,10,14H,3-5,8-9H2,1-2H3. The molecule has 0 fully saturated rings. The predicted octanol–water partition coefficient (Wildman–Crippen LogP) is 2.22. The molecule has 0 bridgehead atoms. The number of aryl methyl sites for hydroxylation is 1. The summed E-state index contributed by atoms with van der Waals surface area (Å²) >= 11 is 0. The maximum absolute atomic E-state index is 11.7. The van der Waals surface area contributed by atoms with Crippen LogP contribution in [0.1, 0.15) is 25.3 Å². The summed E-state index contributed by atoms with van der Waals surface area (Å²) in [4.78, 5) is 2.21. The van der Waals surface area contributed by atoms with Crippen LogP contribution in [-0.2, 0) is 16.4 Å². The second kappa shape index (κ2) is 5.18. The molecule has 0 saturated heterocycles. The van der Waals surface area contributed by atoms with Gasteiger partial charge < -0.3 is 4.90 Å². The Balaban J connectivity index is 2.21. The fraction of sp³-hybridized carbons (Fsp3) is 0.538. The lowest BCUT2D eigenvalue weighted by Crippen LogP contribution is -2.24. The van der Waals surface area contributed by atoms with E-state index >= 15 is 0 Å². The molecule has 0 aliphatic carbocycles. The van der Waals surface area contributed by atoms with E-state index in [4.69, 9.17) is 0 Å². The van der Waals surface area contributed by atoms with Crippen molar-refractivity contribution in [2.24, 2.45) is 0 Å². The third-order valence-electron chi connectivity index (χ3n) is 3.18. The maximum Gasteiger partial charge on any atom is 0.232 e. The molecule has 1 aromatic carbocycles. The number of nitrogens with zero attached hydrogens (tertiary/aromatic N) is 1. The first-order valence-electron chi connectivity index (χ1n) is 6.36. The predicted molar refractivity (Wildman–Crippen MR) is 75.7 cm³/mol. The van der Waals surface area contributed by atoms with Gasteiger partial charge in [-0.25, -0.2) is 8.42 Å². The summed E-state index contributed by atoms with van der Waals surface area (Å²) in [6, 6.07) is 5.80. The van der Waals surface area contributed by atoms with E-state index in [9.17, 15) is 8.42 Å². The second-order valence-corrected chi connectivity index (χ2v) is 6.63. The first-order valence-corrected chi connectivity index (χ1v) is 8.01. The Morgan fingerprint density at radius 1 is 1.39 bits per heavy atom. The van der Waals surface area contributed by atoms with Gasteiger partial charge in [-0.2, -0.15) is 0 Å². The Labute approximate surface area is 109 Å². The highest BCUT2D eigenvalue weighted by atomic mass is 32.2. The monoisotopic (exact) mass is 268 g/mol. The van der Waals surface area contributed by atoms with Crippen LogP contribution in [0.4, 0.5) is 11.4 Å². The van der Waals surface area contributed by atoms with Crippen LogP contribution in [0.5, 0.6) is 0 Å². The van der Waals surface area contributed by atoms with Gasteiger partial charge in [0.25, 0.3) is 0 Å². The van der Waals surface area contributed by atoms with Gasteiger partial charge in [-0.1, -0.05) is 6.92 Å². The third-order valence-corrected chi connectivity index (χ3v) is 4.67. The van der Waals surface area contributed by atoms with Gasteiger partial charge in [-0.15, -0.1) is 0 Å². The average Bonchev–Trinajstić information content (AvgIpc) is 2.28. The minimum atomic E-state index is -3.19. The number of hydrogen-bond acceptors (Lipinski definition) is 3. The van der Waals surface area contributed by atoms with E-state index in [2.05, 4.69) is 16.7 Å². The van der Waals surface area contributed by atoms with Gasteiger partial charge in [-0.3, -0.25) is 4.72 Å². The average molecular weight is 268 g/mol. The van der Waals surface area contributed by atoms with E-state index in [0.29, 0.717) is 12.1 Å². The number of benzene rings is 1. The number of hydrogen-bond donors (Lipinski definition) is 1. The molecule has 0 saturated carbocycles. The lowest BCUT2D eigenvalue weighted by molar-refractivity contribution is 0.600. The Hall–Kier alpha value is -1.23. The van der Waals surface area contributed by atoms with Crippen LogP contribution >= 0.6 is 0 Å². The largest absolute Gasteiger partial charge is 0.374 e. The molecule has 2 rings (SSSR count). The molecule has 0 atom stereocenters. The molecular weight excluding hydrogens is 248 g/mol. The summed E-state index contributed by atoms with van der Waals surface area (Å²) in [6.45, 7) is 2.93. The zero-order chi connectivity index (χ0) is 13.2. The van der Waals surface area contributed by atoms with Crippen molar-refractivity contribution in [3.63, 3.8) is 0 Å². The van der Waals surface area contributed by atoms with Crippen molar-refractivity contribution in [2.75, 3.05) is 29.0 Å². The van der Waals surface area contributed by atoms with Gasteiger partial charge in [-0.05, 0) is 43.0 Å². The molecule has 18 heavy (non-hydrogen) atoms. The van der Waals surface area contributed by atoms with Crippen molar-refractivity contribution >= 4 is 21.4 Å². The van der Waals surface area contributed by atoms with E-state index in [-0.39, 0.29) is 5.75 Å². The summed E-state index contributed by atoms with van der Waals surface area (Å²) < 4.78 is 26.1. The van der Waals surface area contributed by atoms with Crippen LogP contribution in [0, 0.1) is 0 Å². The van der Waals surface area contributed by atoms with Crippen molar-refractivity contribution in [1.82, 2.24) is 0 Å². The summed E-state index contributed by atoms with van der Waals surface area (Å²) in [5.41, 5.74) is 3.11. The van der Waals surface area contributed by atoms with Crippen LogP contribution in [0.3, 0.4) is 0 Å². The normalized spacial score (nSPS) is 15.3. The fourth-order valence-electron chi connectivity index (χ4n) is 2.35. The molecule has 4 nitrogen and oxygen atoms in total. The van der Waals surface area contributed by atoms with E-state index in [1.807, 2.05) is 25.1 Å². The number of sulfonamides is 1. The van der Waals surface area contributed by atoms with E-state index in [1.165, 1.54) is 11.3 Å². The van der Waals surface area contributed by atoms with Crippen LogP contribution in [0.2, 0.25) is 0 Å². The summed E-state index contributed by atoms with van der Waals surface area (Å²) in [6.07, 6.45) is 2.76. The van der Waals surface area contributed by atoms with Crippen molar-refractivity contribution in [3.8, 4) is 0 Å². The van der Waals surface area contributed by atoms with Crippen LogP contribution in [0.15, 0.2) is 18.2 Å². The molecule has 0 radical (unpaired) electrons. The van der Waals surface area contributed by atoms with Crippen LogP contribution in [-0.4, -0.2) is 27.8 Å². The summed E-state index contributed by atoms with van der Waals surface area (Å²) in [5.74, 6) is 0.171. The van der Waals surface area contributed by atoms with Gasteiger partial charge in [0.05, 0.1) is 5.75 Å². The van der Waals surface area contributed by atoms with Gasteiger partial charge in [0.1, 0.15) is 0 Å². The topological polar surface area (TPSA) is 49.4 Å². The van der Waals surface area contributed by atoms with E-state index in [0.717, 1.165) is 19.4 Å². The molecule has 0 amide bonds. The molecule has 0 spiro atoms. The number of fused-ring (bicyclic) bond motifs is 1. The molecule has 1 aliphatic rings. The zero-order valence-electron chi connectivity index (χ0n) is 10.9. The van der Waals surface area contributed by atoms with Gasteiger partial charge >= 0.3 is 0 Å². The number of nitrogens with one attached hydrogen (secondary N) is 1. The number of anilines is 2. The molecule has 1 heterocycles. The zero-order valence-corrected chi connectivity index (χ0v) is 11.8. The first kappa shape index (κ1) is 13.2. The minimum absolute atomic E-state index is 0.171. The molecular formula is C13H20N2O2S. The maximum atomic E-state index is 11.7. The van der Waals surface area contributed by atoms with Crippen molar-refractivity contribution in [3.05, 3.63) is 23.8 Å². The fourth-order valence-corrected chi connectivity index (χ4v) is 3.47. The molecule has 1 aromatic rings. The smallest absolute Gasteiger partial charge is 0.232 e. The lowest BCUT2D eigenvalue weighted by atomic mass is 10.0. The highest BCUT2D eigenvalue weighted by Crippen LogP contribution is 2.28. The molecule has 1 N–H and O–H groups in total. The summed E-state index contributed by atoms with van der Waals surface area (Å²) in [7, 11) is -1.12. The highest BCUT2D eigenvalue weighted by Gasteiger charge is 2.15. The van der Waals surface area contributed by atoms with Crippen molar-refractivity contribution in [1.29, 1.82) is 0 Å². The van der Waals surface area contributed by atoms with Gasteiger partial charge in [0.15, 0.2) is 0 Å². The molecule has 0 unspecified atom stereocenters. The van der Waals surface area contributed by atoms with E-state index < -0.39 is 10.0 Å². The lowest BCUT2D eigenvalue weighted by Gasteiger charge is -2.27. The van der Waals surface area contributed by atoms with Crippen LogP contribution in [0.25, 0.3) is 0 Å². The quantitative estimate of drug-likeness (QED) is 0.911. The molecule has 5 heteroatoms. The Morgan fingerprint density at radius 3 is 2.89 bits per heavy atom. The first-order chi connectivity index (χ1) is 8.52. The van der Waals surface area contributed by atoms with E-state index in [1.54, 1.807) is 0 Å². The Kier molecular flexibility index (Phi) is 3.80. The highest BCUT2D eigenvalue weighted by molar-refractivity contribution is 7.92. The Morgan fingerprint density at radius 2 is 2.17 bits per heavy atom. The van der Waals surface area contributed by atoms with Gasteiger partial charge in [0, 0.05) is 25.0 Å². The minimum Gasteiger partial charge on any atom is -0.374 e. The molecule has 1 aliphatic heterocycles. The second-order valence-electron chi connectivity index (χ2n) is 4.79. The van der Waals surface area contributed by atoms with Crippen molar-refractivity contribution in [2.45, 2.75) is 26.2 Å². The Bertz CT molecular complexity index is 526. The molecule has 100 valence electrons.